The third kappa shape index (κ3) is 4.00. The van der Waals surface area contributed by atoms with Crippen LogP contribution in [-0.4, -0.2) is 58.8 Å². The van der Waals surface area contributed by atoms with Crippen LogP contribution in [0.5, 0.6) is 0 Å². The Bertz CT molecular complexity index is 832. The van der Waals surface area contributed by atoms with Crippen molar-refractivity contribution in [3.63, 3.8) is 0 Å². The molecular formula is C20H20Cl2N2O4. The molecule has 2 aromatic carbocycles. The zero-order valence-corrected chi connectivity index (χ0v) is 16.4. The molecule has 148 valence electrons. The summed E-state index contributed by atoms with van der Waals surface area (Å²) in [6.07, 6.45) is -1.59. The smallest absolute Gasteiger partial charge is 0.196 e. The van der Waals surface area contributed by atoms with E-state index in [0.29, 0.717) is 22.5 Å². The summed E-state index contributed by atoms with van der Waals surface area (Å²) < 4.78 is 0. The van der Waals surface area contributed by atoms with Gasteiger partial charge in [0.25, 0.3) is 0 Å². The number of carbonyl (C=O) groups excluding carboxylic acids is 2. The fourth-order valence-electron chi connectivity index (χ4n) is 3.08. The lowest BCUT2D eigenvalue weighted by Crippen LogP contribution is -2.28. The molecule has 2 atom stereocenters. The van der Waals surface area contributed by atoms with Crippen molar-refractivity contribution >= 4 is 46.1 Å². The molecule has 0 aromatic heterocycles. The van der Waals surface area contributed by atoms with Crippen molar-refractivity contribution in [1.29, 1.82) is 0 Å². The summed E-state index contributed by atoms with van der Waals surface area (Å²) in [4.78, 5) is 26.3. The number of alkyl halides is 2. The molecule has 28 heavy (non-hydrogen) atoms. The summed E-state index contributed by atoms with van der Waals surface area (Å²) in [6.45, 7) is 0.271. The minimum absolute atomic E-state index is 0.0425. The van der Waals surface area contributed by atoms with E-state index in [1.165, 1.54) is 0 Å². The number of benzene rings is 2. The molecule has 0 unspecified atom stereocenters. The average Bonchev–Trinajstić information content (AvgIpc) is 2.73. The summed E-state index contributed by atoms with van der Waals surface area (Å²) in [5.74, 6) is -0.481. The predicted octanol–water partition coefficient (Wildman–Crippen LogP) is 2.49. The normalized spacial score (nSPS) is 14.9. The molecular weight excluding hydrogens is 403 g/mol. The number of nitrogens with one attached hydrogen (secondary N) is 2. The highest BCUT2D eigenvalue weighted by Crippen LogP contribution is 2.36. The number of aliphatic hydroxyl groups is 2. The molecule has 0 radical (unpaired) electrons. The van der Waals surface area contributed by atoms with Crippen LogP contribution >= 0.6 is 23.2 Å². The fraction of sp³-hybridized carbons (Fsp3) is 0.300. The van der Waals surface area contributed by atoms with Gasteiger partial charge in [0, 0.05) is 35.6 Å². The number of carbonyl (C=O) groups is 2. The van der Waals surface area contributed by atoms with E-state index in [0.717, 1.165) is 0 Å². The van der Waals surface area contributed by atoms with Crippen molar-refractivity contribution in [3.8, 4) is 0 Å². The van der Waals surface area contributed by atoms with Gasteiger partial charge in [-0.3, -0.25) is 9.59 Å². The van der Waals surface area contributed by atoms with Gasteiger partial charge in [-0.05, 0) is 12.1 Å². The molecule has 1 aliphatic rings. The number of hydrogen-bond donors (Lipinski definition) is 4. The number of aliphatic hydroxyl groups excluding tert-OH is 2. The van der Waals surface area contributed by atoms with Crippen molar-refractivity contribution in [2.45, 2.75) is 12.2 Å². The van der Waals surface area contributed by atoms with Crippen LogP contribution in [0.15, 0.2) is 36.4 Å². The maximum atomic E-state index is 13.2. The number of fused-ring (bicyclic) bond motifs is 2. The van der Waals surface area contributed by atoms with Crippen molar-refractivity contribution in [1.82, 2.24) is 0 Å². The first-order valence-corrected chi connectivity index (χ1v) is 9.86. The maximum absolute atomic E-state index is 13.2. The van der Waals surface area contributed by atoms with Crippen LogP contribution in [0.1, 0.15) is 31.8 Å². The zero-order chi connectivity index (χ0) is 20.3. The van der Waals surface area contributed by atoms with Gasteiger partial charge in [0.1, 0.15) is 0 Å². The Balaban J connectivity index is 2.07. The molecule has 2 aromatic rings. The quantitative estimate of drug-likeness (QED) is 0.416. The number of hydrogen-bond acceptors (Lipinski definition) is 6. The summed E-state index contributed by atoms with van der Waals surface area (Å²) in [6, 6.07) is 9.97. The highest BCUT2D eigenvalue weighted by Gasteiger charge is 2.33. The van der Waals surface area contributed by atoms with E-state index in [1.807, 2.05) is 0 Å². The van der Waals surface area contributed by atoms with E-state index >= 15 is 0 Å². The summed E-state index contributed by atoms with van der Waals surface area (Å²) >= 11 is 11.3. The molecule has 0 heterocycles. The second kappa shape index (κ2) is 8.92. The minimum Gasteiger partial charge on any atom is -0.390 e. The molecule has 0 spiro atoms. The largest absolute Gasteiger partial charge is 0.390 e. The standard InChI is InChI=1S/C20H20Cl2N2O4/c21-7-11(25)9-23-15-5-6-16(24-10-12(26)8-22)18-17(15)19(27)13-3-1-2-4-14(13)20(18)28/h1-6,11-12,23-26H,7-10H2/t11-,12-/m0/s1. The Morgan fingerprint density at radius 1 is 0.750 bits per heavy atom. The molecule has 8 heteroatoms. The lowest BCUT2D eigenvalue weighted by molar-refractivity contribution is 0.0980. The molecule has 0 saturated carbocycles. The first kappa shape index (κ1) is 20.6. The van der Waals surface area contributed by atoms with Crippen molar-refractivity contribution < 1.29 is 19.8 Å². The third-order valence-corrected chi connectivity index (χ3v) is 5.20. The molecule has 0 fully saturated rings. The summed E-state index contributed by atoms with van der Waals surface area (Å²) in [7, 11) is 0. The van der Waals surface area contributed by atoms with Crippen LogP contribution < -0.4 is 10.6 Å². The molecule has 0 bridgehead atoms. The lowest BCUT2D eigenvalue weighted by Gasteiger charge is -2.24. The third-order valence-electron chi connectivity index (χ3n) is 4.49. The fourth-order valence-corrected chi connectivity index (χ4v) is 3.30. The second-order valence-electron chi connectivity index (χ2n) is 6.49. The van der Waals surface area contributed by atoms with E-state index in [-0.39, 0.29) is 47.5 Å². The molecule has 1 aliphatic carbocycles. The Morgan fingerprint density at radius 2 is 1.14 bits per heavy atom. The first-order chi connectivity index (χ1) is 13.5. The van der Waals surface area contributed by atoms with E-state index in [9.17, 15) is 19.8 Å². The maximum Gasteiger partial charge on any atom is 0.196 e. The van der Waals surface area contributed by atoms with Crippen LogP contribution in [-0.2, 0) is 0 Å². The van der Waals surface area contributed by atoms with Crippen molar-refractivity contribution in [3.05, 3.63) is 58.7 Å². The summed E-state index contributed by atoms with van der Waals surface area (Å²) in [5, 5.41) is 25.5. The number of halogens is 2. The molecule has 4 N–H and O–H groups in total. The zero-order valence-electron chi connectivity index (χ0n) is 14.9. The summed E-state index contributed by atoms with van der Waals surface area (Å²) in [5.41, 5.74) is 2.01. The van der Waals surface area contributed by atoms with E-state index in [2.05, 4.69) is 10.6 Å². The van der Waals surface area contributed by atoms with Gasteiger partial charge in [-0.1, -0.05) is 24.3 Å². The van der Waals surface area contributed by atoms with Gasteiger partial charge in [0.05, 0.1) is 35.1 Å². The van der Waals surface area contributed by atoms with Crippen LogP contribution in [0.2, 0.25) is 0 Å². The van der Waals surface area contributed by atoms with Gasteiger partial charge < -0.3 is 20.8 Å². The predicted molar refractivity (Wildman–Crippen MR) is 110 cm³/mol. The Hall–Kier alpha value is -2.12. The number of ketones is 2. The van der Waals surface area contributed by atoms with Gasteiger partial charge in [0.15, 0.2) is 11.6 Å². The van der Waals surface area contributed by atoms with E-state index in [1.54, 1.807) is 36.4 Å². The van der Waals surface area contributed by atoms with Gasteiger partial charge in [-0.25, -0.2) is 0 Å². The first-order valence-electron chi connectivity index (χ1n) is 8.79. The second-order valence-corrected chi connectivity index (χ2v) is 7.11. The average molecular weight is 423 g/mol. The monoisotopic (exact) mass is 422 g/mol. The minimum atomic E-state index is -0.796. The molecule has 0 saturated heterocycles. The Morgan fingerprint density at radius 3 is 1.50 bits per heavy atom. The highest BCUT2D eigenvalue weighted by molar-refractivity contribution is 6.31. The van der Waals surface area contributed by atoms with Crippen LogP contribution in [0.4, 0.5) is 11.4 Å². The van der Waals surface area contributed by atoms with Crippen molar-refractivity contribution in [2.24, 2.45) is 0 Å². The van der Waals surface area contributed by atoms with Gasteiger partial charge in [-0.2, -0.15) is 0 Å². The SMILES string of the molecule is O=C1c2ccccc2C(=O)c2c(NC[C@@H](O)CCl)ccc(NC[C@@H](O)CCl)c21. The molecule has 3 rings (SSSR count). The topological polar surface area (TPSA) is 98.7 Å². The Labute approximate surface area is 172 Å². The van der Waals surface area contributed by atoms with E-state index in [4.69, 9.17) is 23.2 Å². The highest BCUT2D eigenvalue weighted by atomic mass is 35.5. The van der Waals surface area contributed by atoms with Crippen molar-refractivity contribution in [2.75, 3.05) is 35.5 Å². The Kier molecular flexibility index (Phi) is 6.57. The molecule has 0 aliphatic heterocycles. The van der Waals surface area contributed by atoms with Gasteiger partial charge in [0.2, 0.25) is 0 Å². The van der Waals surface area contributed by atoms with Crippen LogP contribution in [0, 0.1) is 0 Å². The number of anilines is 2. The van der Waals surface area contributed by atoms with Gasteiger partial charge in [-0.15, -0.1) is 23.2 Å². The lowest BCUT2D eigenvalue weighted by atomic mass is 9.82. The van der Waals surface area contributed by atoms with Crippen LogP contribution in [0.3, 0.4) is 0 Å². The number of rotatable bonds is 8. The van der Waals surface area contributed by atoms with E-state index < -0.39 is 12.2 Å². The molecule has 6 nitrogen and oxygen atoms in total. The van der Waals surface area contributed by atoms with Gasteiger partial charge >= 0.3 is 0 Å². The molecule has 0 amide bonds. The van der Waals surface area contributed by atoms with Crippen LogP contribution in [0.25, 0.3) is 0 Å².